The number of aromatic nitrogens is 3. The molecule has 0 radical (unpaired) electrons. The van der Waals surface area contributed by atoms with Gasteiger partial charge in [-0.1, -0.05) is 12.1 Å². The van der Waals surface area contributed by atoms with Crippen molar-refractivity contribution in [2.24, 2.45) is 5.73 Å². The molecule has 116 valence electrons. The van der Waals surface area contributed by atoms with Crippen LogP contribution in [0.2, 0.25) is 0 Å². The Balaban J connectivity index is 1.76. The fourth-order valence-corrected chi connectivity index (χ4v) is 2.55. The minimum atomic E-state index is -0.717. The van der Waals surface area contributed by atoms with E-state index >= 15 is 0 Å². The van der Waals surface area contributed by atoms with E-state index in [0.717, 1.165) is 18.7 Å². The summed E-state index contributed by atoms with van der Waals surface area (Å²) in [5.41, 5.74) is 6.01. The van der Waals surface area contributed by atoms with Crippen LogP contribution in [0, 0.1) is 5.82 Å². The number of nitrogens with two attached hydrogens (primary N) is 1. The number of amides is 1. The lowest BCUT2D eigenvalue weighted by molar-refractivity contribution is -0.123. The Bertz CT molecular complexity index is 682. The Kier molecular flexibility index (Phi) is 3.89. The van der Waals surface area contributed by atoms with Gasteiger partial charge in [0.1, 0.15) is 17.7 Å². The zero-order valence-corrected chi connectivity index (χ0v) is 12.3. The van der Waals surface area contributed by atoms with E-state index in [0.29, 0.717) is 23.9 Å². The van der Waals surface area contributed by atoms with E-state index in [1.807, 2.05) is 0 Å². The van der Waals surface area contributed by atoms with Crippen LogP contribution in [0.5, 0.6) is 0 Å². The number of benzene rings is 1. The largest absolute Gasteiger partial charge is 0.368 e. The van der Waals surface area contributed by atoms with Gasteiger partial charge >= 0.3 is 0 Å². The van der Waals surface area contributed by atoms with Crippen molar-refractivity contribution in [1.82, 2.24) is 20.1 Å². The van der Waals surface area contributed by atoms with E-state index in [2.05, 4.69) is 15.2 Å². The predicted octanol–water partition coefficient (Wildman–Crippen LogP) is 1.48. The van der Waals surface area contributed by atoms with E-state index < -0.39 is 17.8 Å². The molecule has 1 aliphatic rings. The Morgan fingerprint density at radius 3 is 2.95 bits per heavy atom. The first-order chi connectivity index (χ1) is 10.5. The van der Waals surface area contributed by atoms with Crippen LogP contribution < -0.4 is 5.73 Å². The summed E-state index contributed by atoms with van der Waals surface area (Å²) in [6.45, 7) is 0.379. The molecule has 3 N–H and O–H groups in total. The van der Waals surface area contributed by atoms with Crippen LogP contribution >= 0.6 is 0 Å². The molecule has 1 saturated carbocycles. The van der Waals surface area contributed by atoms with Crippen LogP contribution in [0.15, 0.2) is 24.3 Å². The fourth-order valence-electron chi connectivity index (χ4n) is 2.55. The molecular formula is C15H18FN5O. The number of hydrogen-bond acceptors (Lipinski definition) is 4. The van der Waals surface area contributed by atoms with E-state index in [1.165, 1.54) is 12.1 Å². The molecule has 1 heterocycles. The maximum absolute atomic E-state index is 13.4. The van der Waals surface area contributed by atoms with Gasteiger partial charge in [-0.25, -0.2) is 9.37 Å². The quantitative estimate of drug-likeness (QED) is 0.846. The first-order valence-corrected chi connectivity index (χ1v) is 7.21. The van der Waals surface area contributed by atoms with Gasteiger partial charge in [0, 0.05) is 5.92 Å². The van der Waals surface area contributed by atoms with Crippen LogP contribution in [0.3, 0.4) is 0 Å². The van der Waals surface area contributed by atoms with Crippen LogP contribution in [0.4, 0.5) is 4.39 Å². The number of H-pyrrole nitrogens is 1. The average Bonchev–Trinajstić information content (AvgIpc) is 3.19. The number of primary amides is 1. The van der Waals surface area contributed by atoms with E-state index in [-0.39, 0.29) is 0 Å². The molecule has 22 heavy (non-hydrogen) atoms. The Morgan fingerprint density at radius 2 is 2.32 bits per heavy atom. The highest BCUT2D eigenvalue weighted by Crippen LogP contribution is 2.37. The molecule has 0 aliphatic heterocycles. The van der Waals surface area contributed by atoms with Crippen LogP contribution in [-0.4, -0.2) is 33.0 Å². The molecule has 1 aromatic heterocycles. The number of halogens is 1. The van der Waals surface area contributed by atoms with Crippen LogP contribution in [0.1, 0.15) is 42.0 Å². The Morgan fingerprint density at radius 1 is 1.55 bits per heavy atom. The molecule has 0 unspecified atom stereocenters. The smallest absolute Gasteiger partial charge is 0.239 e. The molecule has 0 saturated heterocycles. The van der Waals surface area contributed by atoms with Crippen molar-refractivity contribution < 1.29 is 9.18 Å². The number of aromatic amines is 1. The number of likely N-dealkylation sites (N-methyl/N-ethyl adjacent to an activating group) is 1. The molecule has 6 nitrogen and oxygen atoms in total. The maximum atomic E-state index is 13.4. The highest BCUT2D eigenvalue weighted by molar-refractivity contribution is 5.81. The summed E-state index contributed by atoms with van der Waals surface area (Å²) in [7, 11) is 1.75. The highest BCUT2D eigenvalue weighted by atomic mass is 19.1. The van der Waals surface area contributed by atoms with E-state index in [4.69, 9.17) is 5.73 Å². The summed E-state index contributed by atoms with van der Waals surface area (Å²) < 4.78 is 13.4. The van der Waals surface area contributed by atoms with Crippen molar-refractivity contribution >= 4 is 5.91 Å². The summed E-state index contributed by atoms with van der Waals surface area (Å²) in [6.07, 6.45) is 2.25. The van der Waals surface area contributed by atoms with Crippen molar-refractivity contribution in [1.29, 1.82) is 0 Å². The van der Waals surface area contributed by atoms with Gasteiger partial charge in [-0.05, 0) is 37.6 Å². The molecule has 7 heteroatoms. The van der Waals surface area contributed by atoms with Gasteiger partial charge in [-0.2, -0.15) is 5.10 Å². The number of nitrogens with one attached hydrogen (secondary N) is 1. The molecule has 1 fully saturated rings. The molecule has 1 aliphatic carbocycles. The SMILES string of the molecule is CN(Cc1nc(C2CC2)n[nH]1)[C@H](C(N)=O)c1cccc(F)c1. The summed E-state index contributed by atoms with van der Waals surface area (Å²) in [5.74, 6) is 1.03. The first kappa shape index (κ1) is 14.6. The number of hydrogen-bond donors (Lipinski definition) is 2. The van der Waals surface area contributed by atoms with Gasteiger partial charge in [0.2, 0.25) is 5.91 Å². The van der Waals surface area contributed by atoms with Gasteiger partial charge < -0.3 is 5.73 Å². The number of carbonyl (C=O) groups excluding carboxylic acids is 1. The lowest BCUT2D eigenvalue weighted by atomic mass is 10.0. The first-order valence-electron chi connectivity index (χ1n) is 7.21. The molecule has 1 amide bonds. The van der Waals surface area contributed by atoms with Gasteiger partial charge in [0.05, 0.1) is 6.54 Å². The third-order valence-electron chi connectivity index (χ3n) is 3.77. The molecule has 0 bridgehead atoms. The fraction of sp³-hybridized carbons (Fsp3) is 0.400. The lowest BCUT2D eigenvalue weighted by Gasteiger charge is -2.24. The van der Waals surface area contributed by atoms with E-state index in [1.54, 1.807) is 24.1 Å². The van der Waals surface area contributed by atoms with Gasteiger partial charge in [-0.15, -0.1) is 0 Å². The maximum Gasteiger partial charge on any atom is 0.239 e. The monoisotopic (exact) mass is 303 g/mol. The number of carbonyl (C=O) groups is 1. The topological polar surface area (TPSA) is 87.9 Å². The molecule has 2 aromatic rings. The Hall–Kier alpha value is -2.28. The highest BCUT2D eigenvalue weighted by Gasteiger charge is 2.29. The predicted molar refractivity (Wildman–Crippen MR) is 78.2 cm³/mol. The van der Waals surface area contributed by atoms with Crippen LogP contribution in [0.25, 0.3) is 0 Å². The molecule has 1 atom stereocenters. The second-order valence-corrected chi connectivity index (χ2v) is 5.69. The normalized spacial score (nSPS) is 16.0. The number of rotatable bonds is 6. The number of nitrogens with zero attached hydrogens (tertiary/aromatic N) is 3. The molecule has 0 spiro atoms. The summed E-state index contributed by atoms with van der Waals surface area (Å²) in [6, 6.07) is 5.19. The summed E-state index contributed by atoms with van der Waals surface area (Å²) in [5, 5.41) is 7.07. The third-order valence-corrected chi connectivity index (χ3v) is 3.77. The lowest BCUT2D eigenvalue weighted by Crippen LogP contribution is -2.35. The second-order valence-electron chi connectivity index (χ2n) is 5.69. The average molecular weight is 303 g/mol. The van der Waals surface area contributed by atoms with Crippen LogP contribution in [-0.2, 0) is 11.3 Å². The summed E-state index contributed by atoms with van der Waals surface area (Å²) in [4.78, 5) is 17.9. The zero-order valence-electron chi connectivity index (χ0n) is 12.3. The van der Waals surface area contributed by atoms with Crippen molar-refractivity contribution in [3.8, 4) is 0 Å². The third kappa shape index (κ3) is 3.14. The van der Waals surface area contributed by atoms with Crippen molar-refractivity contribution in [3.63, 3.8) is 0 Å². The van der Waals surface area contributed by atoms with Crippen molar-refractivity contribution in [2.45, 2.75) is 31.3 Å². The van der Waals surface area contributed by atoms with E-state index in [9.17, 15) is 9.18 Å². The van der Waals surface area contributed by atoms with Crippen molar-refractivity contribution in [3.05, 3.63) is 47.3 Å². The molecule has 3 rings (SSSR count). The molecule has 1 aromatic carbocycles. The van der Waals surface area contributed by atoms with Gasteiger partial charge in [0.15, 0.2) is 5.82 Å². The standard InChI is InChI=1S/C15H18FN5O/c1-21(8-12-18-15(20-19-12)9-5-6-9)13(14(17)22)10-3-2-4-11(16)7-10/h2-4,7,9,13H,5-6,8H2,1H3,(H2,17,22)(H,18,19,20)/t13-/m0/s1. The minimum absolute atomic E-state index is 0.379. The van der Waals surface area contributed by atoms with Gasteiger partial charge in [-0.3, -0.25) is 14.8 Å². The molecular weight excluding hydrogens is 285 g/mol. The van der Waals surface area contributed by atoms with Crippen molar-refractivity contribution in [2.75, 3.05) is 7.05 Å². The summed E-state index contributed by atoms with van der Waals surface area (Å²) >= 11 is 0. The minimum Gasteiger partial charge on any atom is -0.368 e. The second kappa shape index (κ2) is 5.84. The Labute approximate surface area is 127 Å². The zero-order chi connectivity index (χ0) is 15.7. The van der Waals surface area contributed by atoms with Gasteiger partial charge in [0.25, 0.3) is 0 Å².